The van der Waals surface area contributed by atoms with Crippen molar-refractivity contribution in [1.29, 1.82) is 0 Å². The molecule has 0 aliphatic heterocycles. The number of allylic oxidation sites excluding steroid dienone is 1. The second-order valence-corrected chi connectivity index (χ2v) is 9.41. The van der Waals surface area contributed by atoms with Gasteiger partial charge in [0.25, 0.3) is 0 Å². The fourth-order valence-electron chi connectivity index (χ4n) is 4.40. The Morgan fingerprint density at radius 3 is 2.81 bits per heavy atom. The van der Waals surface area contributed by atoms with Crippen LogP contribution in [0.15, 0.2) is 79.6 Å². The van der Waals surface area contributed by atoms with Crippen molar-refractivity contribution in [1.82, 2.24) is 19.6 Å². The van der Waals surface area contributed by atoms with Gasteiger partial charge in [0.1, 0.15) is 11.0 Å². The van der Waals surface area contributed by atoms with Crippen LogP contribution >= 0.6 is 11.6 Å². The van der Waals surface area contributed by atoms with Crippen LogP contribution in [0, 0.1) is 0 Å². The van der Waals surface area contributed by atoms with Gasteiger partial charge in [-0.25, -0.2) is 4.98 Å². The number of rotatable bonds is 8. The number of fused-ring (bicyclic) bond motifs is 2. The summed E-state index contributed by atoms with van der Waals surface area (Å²) in [4.78, 5) is 21.0. The second-order valence-electron chi connectivity index (χ2n) is 9.03. The average molecular weight is 496 g/mol. The zero-order valence-corrected chi connectivity index (χ0v) is 21.0. The van der Waals surface area contributed by atoms with E-state index < -0.39 is 0 Å². The zero-order valence-electron chi connectivity index (χ0n) is 20.2. The Morgan fingerprint density at radius 1 is 1.17 bits per heavy atom. The lowest BCUT2D eigenvalue weighted by Gasteiger charge is -2.14. The fourth-order valence-corrected chi connectivity index (χ4v) is 4.58. The van der Waals surface area contributed by atoms with Gasteiger partial charge in [-0.05, 0) is 34.6 Å². The van der Waals surface area contributed by atoms with Crippen LogP contribution in [0.1, 0.15) is 36.5 Å². The molecule has 0 unspecified atom stereocenters. The minimum absolute atomic E-state index is 0.00284. The number of carbonyl (C=O) groups is 1. The number of nitrogens with zero attached hydrogens (tertiary/aromatic N) is 4. The first-order valence-electron chi connectivity index (χ1n) is 11.8. The van der Waals surface area contributed by atoms with E-state index in [0.717, 1.165) is 50.2 Å². The Labute approximate surface area is 214 Å². The van der Waals surface area contributed by atoms with E-state index in [1.807, 2.05) is 48.8 Å². The number of ketones is 1. The molecule has 7 heteroatoms. The van der Waals surface area contributed by atoms with Gasteiger partial charge in [0, 0.05) is 41.7 Å². The third-order valence-corrected chi connectivity index (χ3v) is 6.45. The number of carbonyl (C=O) groups excluding carboxylic acids is 1. The maximum Gasteiger partial charge on any atom is 0.162 e. The topological polar surface area (TPSA) is 72.2 Å². The molecule has 3 aromatic heterocycles. The van der Waals surface area contributed by atoms with Crippen LogP contribution in [0.4, 0.5) is 5.82 Å². The van der Waals surface area contributed by atoms with E-state index in [1.54, 1.807) is 10.6 Å². The van der Waals surface area contributed by atoms with Gasteiger partial charge in [-0.3, -0.25) is 9.78 Å². The van der Waals surface area contributed by atoms with E-state index in [4.69, 9.17) is 16.6 Å². The summed E-state index contributed by atoms with van der Waals surface area (Å²) in [6.07, 6.45) is 5.36. The highest BCUT2D eigenvalue weighted by Crippen LogP contribution is 2.31. The molecule has 0 radical (unpaired) electrons. The van der Waals surface area contributed by atoms with E-state index in [2.05, 4.69) is 48.0 Å². The third kappa shape index (κ3) is 4.60. The highest BCUT2D eigenvalue weighted by atomic mass is 35.5. The Kier molecular flexibility index (Phi) is 6.53. The predicted molar refractivity (Wildman–Crippen MR) is 145 cm³/mol. The average Bonchev–Trinajstić information content (AvgIpc) is 3.31. The van der Waals surface area contributed by atoms with Gasteiger partial charge in [0.2, 0.25) is 0 Å². The molecule has 1 N–H and O–H groups in total. The van der Waals surface area contributed by atoms with Crippen LogP contribution in [-0.2, 0) is 17.8 Å². The van der Waals surface area contributed by atoms with Crippen LogP contribution in [-0.4, -0.2) is 25.4 Å². The summed E-state index contributed by atoms with van der Waals surface area (Å²) in [5, 5.41) is 10.5. The summed E-state index contributed by atoms with van der Waals surface area (Å²) in [5.41, 5.74) is 5.78. The Hall–Kier alpha value is -4.03. The van der Waals surface area contributed by atoms with E-state index in [-0.39, 0.29) is 11.7 Å². The minimum Gasteiger partial charge on any atom is -0.366 e. The van der Waals surface area contributed by atoms with Crippen molar-refractivity contribution >= 4 is 39.6 Å². The van der Waals surface area contributed by atoms with Crippen molar-refractivity contribution in [2.24, 2.45) is 0 Å². The molecule has 0 spiro atoms. The molecule has 0 atom stereocenters. The zero-order chi connectivity index (χ0) is 25.2. The molecule has 0 fully saturated rings. The van der Waals surface area contributed by atoms with Crippen LogP contribution in [0.5, 0.6) is 0 Å². The summed E-state index contributed by atoms with van der Waals surface area (Å²) in [6, 6.07) is 18.0. The van der Waals surface area contributed by atoms with E-state index in [0.29, 0.717) is 18.1 Å². The maximum atomic E-state index is 11.8. The molecule has 0 saturated heterocycles. The van der Waals surface area contributed by atoms with Gasteiger partial charge < -0.3 is 5.32 Å². The van der Waals surface area contributed by atoms with Gasteiger partial charge in [0.05, 0.1) is 11.9 Å². The molecular formula is C29H26ClN5O. The van der Waals surface area contributed by atoms with Crippen molar-refractivity contribution in [3.05, 3.63) is 101 Å². The van der Waals surface area contributed by atoms with E-state index in [1.165, 1.54) is 6.08 Å². The van der Waals surface area contributed by atoms with Gasteiger partial charge in [-0.15, -0.1) is 0 Å². The lowest BCUT2D eigenvalue weighted by Crippen LogP contribution is -2.07. The molecule has 2 aromatic carbocycles. The quantitative estimate of drug-likeness (QED) is 0.193. The van der Waals surface area contributed by atoms with E-state index in [9.17, 15) is 4.79 Å². The first-order chi connectivity index (χ1) is 17.4. The minimum atomic E-state index is 0.00284. The number of hydrogen-bond donors (Lipinski definition) is 1. The number of halogens is 1. The monoisotopic (exact) mass is 495 g/mol. The Morgan fingerprint density at radius 2 is 2.00 bits per heavy atom. The van der Waals surface area contributed by atoms with Crippen molar-refractivity contribution in [2.45, 2.75) is 32.7 Å². The first kappa shape index (κ1) is 23.7. The molecule has 0 amide bonds. The Bertz CT molecular complexity index is 1600. The number of hydrogen-bond acceptors (Lipinski definition) is 5. The number of benzene rings is 2. The van der Waals surface area contributed by atoms with Crippen molar-refractivity contribution in [3.8, 4) is 11.3 Å². The first-order valence-corrected chi connectivity index (χ1v) is 12.2. The standard InChI is InChI=1S/C29H26ClN5O/c1-4-22(36)14-19-9-10-24-20(13-19)11-12-31-28(24)23-8-6-5-7-21(23)16-32-27-15-26(30)34-29-25(18(2)3)17-33-35(27)29/h4-13,15,17-18,32H,1,14,16H2,2-3H3. The lowest BCUT2D eigenvalue weighted by atomic mass is 9.97. The van der Waals surface area contributed by atoms with Gasteiger partial charge in [0.15, 0.2) is 11.4 Å². The van der Waals surface area contributed by atoms with Gasteiger partial charge in [-0.2, -0.15) is 9.61 Å². The molecular weight excluding hydrogens is 470 g/mol. The maximum absolute atomic E-state index is 11.8. The van der Waals surface area contributed by atoms with Gasteiger partial charge >= 0.3 is 0 Å². The summed E-state index contributed by atoms with van der Waals surface area (Å²) >= 11 is 6.36. The van der Waals surface area contributed by atoms with Crippen LogP contribution in [0.3, 0.4) is 0 Å². The summed E-state index contributed by atoms with van der Waals surface area (Å²) in [7, 11) is 0. The molecule has 0 bridgehead atoms. The predicted octanol–water partition coefficient (Wildman–Crippen LogP) is 6.63. The summed E-state index contributed by atoms with van der Waals surface area (Å²) in [6.45, 7) is 8.34. The van der Waals surface area contributed by atoms with Gasteiger partial charge in [-0.1, -0.05) is 74.5 Å². The number of nitrogens with one attached hydrogen (secondary N) is 1. The Balaban J connectivity index is 1.49. The van der Waals surface area contributed by atoms with Crippen molar-refractivity contribution < 1.29 is 4.79 Å². The molecule has 5 aromatic rings. The molecule has 6 nitrogen and oxygen atoms in total. The molecule has 0 saturated carbocycles. The smallest absolute Gasteiger partial charge is 0.162 e. The normalized spacial score (nSPS) is 11.3. The highest BCUT2D eigenvalue weighted by molar-refractivity contribution is 6.29. The SMILES string of the molecule is C=CC(=O)Cc1ccc2c(-c3ccccc3CNc3cc(Cl)nc4c(C(C)C)cnn34)nccc2c1. The second kappa shape index (κ2) is 9.91. The number of aromatic nitrogens is 4. The lowest BCUT2D eigenvalue weighted by molar-refractivity contribution is -0.114. The number of anilines is 1. The summed E-state index contributed by atoms with van der Waals surface area (Å²) < 4.78 is 1.80. The molecule has 36 heavy (non-hydrogen) atoms. The van der Waals surface area contributed by atoms with Crippen LogP contribution in [0.2, 0.25) is 5.15 Å². The van der Waals surface area contributed by atoms with Crippen molar-refractivity contribution in [2.75, 3.05) is 5.32 Å². The molecule has 0 aliphatic carbocycles. The number of pyridine rings is 1. The van der Waals surface area contributed by atoms with Crippen LogP contribution < -0.4 is 5.32 Å². The summed E-state index contributed by atoms with van der Waals surface area (Å²) in [5.74, 6) is 1.06. The fraction of sp³-hybridized carbons (Fsp3) is 0.172. The molecule has 180 valence electrons. The molecule has 3 heterocycles. The molecule has 0 aliphatic rings. The van der Waals surface area contributed by atoms with E-state index >= 15 is 0 Å². The highest BCUT2D eigenvalue weighted by Gasteiger charge is 2.15. The molecule has 5 rings (SSSR count). The third-order valence-electron chi connectivity index (χ3n) is 6.26. The van der Waals surface area contributed by atoms with Crippen LogP contribution in [0.25, 0.3) is 27.7 Å². The van der Waals surface area contributed by atoms with Crippen molar-refractivity contribution in [3.63, 3.8) is 0 Å². The largest absolute Gasteiger partial charge is 0.366 e.